The second kappa shape index (κ2) is 10.1. The number of amides is 1. The van der Waals surface area contributed by atoms with Gasteiger partial charge in [-0.15, -0.1) is 0 Å². The van der Waals surface area contributed by atoms with Crippen molar-refractivity contribution in [2.75, 3.05) is 17.3 Å². The van der Waals surface area contributed by atoms with Gasteiger partial charge in [-0.25, -0.2) is 9.97 Å². The summed E-state index contributed by atoms with van der Waals surface area (Å²) in [6.45, 7) is -0.415. The van der Waals surface area contributed by atoms with E-state index in [0.717, 1.165) is 11.7 Å². The van der Waals surface area contributed by atoms with Gasteiger partial charge in [-0.1, -0.05) is 29.3 Å². The monoisotopic (exact) mass is 499 g/mol. The highest BCUT2D eigenvalue weighted by atomic mass is 35.5. The Morgan fingerprint density at radius 1 is 1.06 bits per heavy atom. The largest absolute Gasteiger partial charge is 0.482 e. The standard InChI is InChI=1S/C21H15Cl2N7O4/c22-12-6-7-17(14(23)9-12)34-10-18(31)28-29-21-19(30(32)33)20(25-11-26-21)27-16-5-1-4-15-13(16)3-2-8-24-15/h1-9,11H,10H2,(H,28,31)(H2,25,26,27,29). The van der Waals surface area contributed by atoms with Crippen molar-refractivity contribution >= 4 is 63.0 Å². The molecule has 0 unspecified atom stereocenters. The smallest absolute Gasteiger partial charge is 0.355 e. The summed E-state index contributed by atoms with van der Waals surface area (Å²) in [6, 6.07) is 13.4. The number of aromatic nitrogens is 3. The Labute approximate surface area is 202 Å². The lowest BCUT2D eigenvalue weighted by Gasteiger charge is -2.12. The minimum absolute atomic E-state index is 0.0719. The van der Waals surface area contributed by atoms with E-state index in [2.05, 4.69) is 31.1 Å². The van der Waals surface area contributed by atoms with E-state index >= 15 is 0 Å². The van der Waals surface area contributed by atoms with Crippen molar-refractivity contribution in [2.24, 2.45) is 0 Å². The molecule has 0 spiro atoms. The number of nitrogens with one attached hydrogen (secondary N) is 3. The highest BCUT2D eigenvalue weighted by molar-refractivity contribution is 6.35. The second-order valence-electron chi connectivity index (χ2n) is 6.71. The van der Waals surface area contributed by atoms with Gasteiger partial charge in [0.25, 0.3) is 5.91 Å². The number of pyridine rings is 1. The molecule has 0 fully saturated rings. The van der Waals surface area contributed by atoms with E-state index in [0.29, 0.717) is 16.2 Å². The van der Waals surface area contributed by atoms with Crippen molar-refractivity contribution in [3.63, 3.8) is 0 Å². The molecular weight excluding hydrogens is 485 g/mol. The summed E-state index contributed by atoms with van der Waals surface area (Å²) in [6.07, 6.45) is 2.77. The molecule has 0 aliphatic heterocycles. The molecule has 2 heterocycles. The van der Waals surface area contributed by atoms with Crippen LogP contribution < -0.4 is 20.9 Å². The molecule has 0 saturated heterocycles. The van der Waals surface area contributed by atoms with E-state index in [4.69, 9.17) is 27.9 Å². The Kier molecular flexibility index (Phi) is 6.85. The number of anilines is 3. The molecule has 4 rings (SSSR count). The fraction of sp³-hybridized carbons (Fsp3) is 0.0476. The average molecular weight is 500 g/mol. The second-order valence-corrected chi connectivity index (χ2v) is 7.56. The van der Waals surface area contributed by atoms with Crippen molar-refractivity contribution in [3.8, 4) is 5.75 Å². The van der Waals surface area contributed by atoms with Crippen LogP contribution in [-0.4, -0.2) is 32.4 Å². The van der Waals surface area contributed by atoms with Gasteiger partial charge in [0, 0.05) is 22.3 Å². The normalized spacial score (nSPS) is 10.5. The predicted octanol–water partition coefficient (Wildman–Crippen LogP) is 4.51. The van der Waals surface area contributed by atoms with Crippen molar-refractivity contribution < 1.29 is 14.5 Å². The maximum absolute atomic E-state index is 12.2. The van der Waals surface area contributed by atoms with Gasteiger partial charge < -0.3 is 10.1 Å². The summed E-state index contributed by atoms with van der Waals surface area (Å²) in [5.41, 5.74) is 5.54. The molecule has 2 aromatic carbocycles. The number of hydrogen-bond donors (Lipinski definition) is 3. The number of fused-ring (bicyclic) bond motifs is 1. The number of nitro groups is 1. The molecule has 0 aliphatic rings. The number of halogens is 2. The Morgan fingerprint density at radius 3 is 2.68 bits per heavy atom. The Hall–Kier alpha value is -4.22. The van der Waals surface area contributed by atoms with Crippen LogP contribution in [0.3, 0.4) is 0 Å². The zero-order chi connectivity index (χ0) is 24.1. The molecule has 13 heteroatoms. The van der Waals surface area contributed by atoms with Gasteiger partial charge in [0.05, 0.1) is 15.5 Å². The first kappa shape index (κ1) is 23.0. The van der Waals surface area contributed by atoms with E-state index in [1.165, 1.54) is 12.1 Å². The molecule has 0 radical (unpaired) electrons. The number of hydrazine groups is 1. The van der Waals surface area contributed by atoms with Crippen LogP contribution in [0.25, 0.3) is 10.9 Å². The zero-order valence-electron chi connectivity index (χ0n) is 17.2. The molecule has 3 N–H and O–H groups in total. The summed E-state index contributed by atoms with van der Waals surface area (Å²) in [4.78, 5) is 35.4. The molecule has 0 saturated carbocycles. The molecule has 11 nitrogen and oxygen atoms in total. The minimum atomic E-state index is -0.663. The zero-order valence-corrected chi connectivity index (χ0v) is 18.7. The first-order valence-corrected chi connectivity index (χ1v) is 10.4. The Balaban J connectivity index is 1.48. The number of carbonyl (C=O) groups excluding carboxylic acids is 1. The van der Waals surface area contributed by atoms with Gasteiger partial charge >= 0.3 is 5.69 Å². The van der Waals surface area contributed by atoms with E-state index < -0.39 is 23.1 Å². The van der Waals surface area contributed by atoms with Gasteiger partial charge in [0.1, 0.15) is 12.1 Å². The van der Waals surface area contributed by atoms with Crippen molar-refractivity contribution in [3.05, 3.63) is 81.2 Å². The maximum atomic E-state index is 12.2. The summed E-state index contributed by atoms with van der Waals surface area (Å²) in [5.74, 6) is -0.671. The molecule has 0 atom stereocenters. The van der Waals surface area contributed by atoms with E-state index in [1.54, 1.807) is 30.5 Å². The lowest BCUT2D eigenvalue weighted by Crippen LogP contribution is -2.34. The first-order chi connectivity index (χ1) is 16.4. The topological polar surface area (TPSA) is 144 Å². The van der Waals surface area contributed by atoms with Gasteiger partial charge in [0.15, 0.2) is 6.61 Å². The van der Waals surface area contributed by atoms with Gasteiger partial charge in [0.2, 0.25) is 11.6 Å². The number of carbonyl (C=O) groups is 1. The summed E-state index contributed by atoms with van der Waals surface area (Å²) in [5, 5.41) is 16.1. The fourth-order valence-electron chi connectivity index (χ4n) is 2.98. The Bertz CT molecular complexity index is 1380. The Morgan fingerprint density at radius 2 is 1.88 bits per heavy atom. The lowest BCUT2D eigenvalue weighted by atomic mass is 10.2. The van der Waals surface area contributed by atoms with Gasteiger partial charge in [-0.05, 0) is 42.5 Å². The molecule has 172 valence electrons. The highest BCUT2D eigenvalue weighted by Gasteiger charge is 2.24. The van der Waals surface area contributed by atoms with Crippen LogP contribution in [-0.2, 0) is 4.79 Å². The van der Waals surface area contributed by atoms with Crippen LogP contribution in [0.15, 0.2) is 61.1 Å². The first-order valence-electron chi connectivity index (χ1n) is 9.65. The van der Waals surface area contributed by atoms with Crippen LogP contribution >= 0.6 is 23.2 Å². The third-order valence-electron chi connectivity index (χ3n) is 4.48. The van der Waals surface area contributed by atoms with Gasteiger partial charge in [-0.2, -0.15) is 0 Å². The number of rotatable bonds is 8. The van der Waals surface area contributed by atoms with E-state index in [-0.39, 0.29) is 22.4 Å². The minimum Gasteiger partial charge on any atom is -0.482 e. The predicted molar refractivity (Wildman–Crippen MR) is 127 cm³/mol. The maximum Gasteiger partial charge on any atom is 0.355 e. The lowest BCUT2D eigenvalue weighted by molar-refractivity contribution is -0.383. The van der Waals surface area contributed by atoms with Crippen molar-refractivity contribution in [1.29, 1.82) is 0 Å². The fourth-order valence-corrected chi connectivity index (χ4v) is 3.44. The third-order valence-corrected chi connectivity index (χ3v) is 5.01. The van der Waals surface area contributed by atoms with Crippen LogP contribution in [0.5, 0.6) is 5.75 Å². The van der Waals surface area contributed by atoms with Crippen molar-refractivity contribution in [2.45, 2.75) is 0 Å². The molecule has 1 amide bonds. The average Bonchev–Trinajstić information content (AvgIpc) is 2.82. The van der Waals surface area contributed by atoms with Crippen LogP contribution in [0.1, 0.15) is 0 Å². The van der Waals surface area contributed by atoms with Gasteiger partial charge in [-0.3, -0.25) is 30.7 Å². The van der Waals surface area contributed by atoms with Crippen LogP contribution in [0.4, 0.5) is 23.0 Å². The summed E-state index contributed by atoms with van der Waals surface area (Å²) >= 11 is 11.8. The van der Waals surface area contributed by atoms with E-state index in [1.807, 2.05) is 12.1 Å². The number of benzene rings is 2. The van der Waals surface area contributed by atoms with E-state index in [9.17, 15) is 14.9 Å². The quantitative estimate of drug-likeness (QED) is 0.235. The number of nitrogens with zero attached hydrogens (tertiary/aromatic N) is 4. The molecule has 4 aromatic rings. The summed E-state index contributed by atoms with van der Waals surface area (Å²) in [7, 11) is 0. The molecule has 2 aromatic heterocycles. The molecule has 34 heavy (non-hydrogen) atoms. The highest BCUT2D eigenvalue weighted by Crippen LogP contribution is 2.33. The van der Waals surface area contributed by atoms with Crippen LogP contribution in [0, 0.1) is 10.1 Å². The number of ether oxygens (including phenoxy) is 1. The molecular formula is C21H15Cl2N7O4. The SMILES string of the molecule is O=C(COc1ccc(Cl)cc1Cl)NNc1ncnc(Nc2cccc3ncccc23)c1[N+](=O)[O-]. The molecule has 0 bridgehead atoms. The van der Waals surface area contributed by atoms with Crippen molar-refractivity contribution in [1.82, 2.24) is 20.4 Å². The molecule has 0 aliphatic carbocycles. The van der Waals surface area contributed by atoms with Crippen LogP contribution in [0.2, 0.25) is 10.0 Å². The number of hydrogen-bond acceptors (Lipinski definition) is 9. The third kappa shape index (κ3) is 5.22. The summed E-state index contributed by atoms with van der Waals surface area (Å²) < 4.78 is 5.34.